The molecular formula is C22H19ClF3N3. The molecule has 0 aliphatic rings. The van der Waals surface area contributed by atoms with Crippen molar-refractivity contribution in [3.8, 4) is 11.1 Å². The molecule has 0 bridgehead atoms. The maximum atomic E-state index is 12.6. The highest BCUT2D eigenvalue weighted by molar-refractivity contribution is 6.17. The number of hydrogen-bond donors (Lipinski definition) is 1. The van der Waals surface area contributed by atoms with Gasteiger partial charge in [0.25, 0.3) is 0 Å². The zero-order valence-electron chi connectivity index (χ0n) is 15.5. The van der Waals surface area contributed by atoms with Crippen molar-refractivity contribution < 1.29 is 13.2 Å². The molecule has 3 nitrogen and oxygen atoms in total. The van der Waals surface area contributed by atoms with Gasteiger partial charge in [-0.05, 0) is 66.1 Å². The van der Waals surface area contributed by atoms with Crippen LogP contribution in [0, 0.1) is 0 Å². The number of hydrogen-bond acceptors (Lipinski definition) is 3. The van der Waals surface area contributed by atoms with Crippen LogP contribution in [0.2, 0.25) is 0 Å². The van der Waals surface area contributed by atoms with E-state index in [1.54, 1.807) is 0 Å². The predicted octanol–water partition coefficient (Wildman–Crippen LogP) is 7.83. The summed E-state index contributed by atoms with van der Waals surface area (Å²) in [7, 11) is 0. The number of nitrogens with one attached hydrogen (secondary N) is 1. The molecule has 0 aliphatic heterocycles. The monoisotopic (exact) mass is 417 g/mol. The highest BCUT2D eigenvalue weighted by Gasteiger charge is 2.29. The fourth-order valence-corrected chi connectivity index (χ4v) is 2.77. The van der Waals surface area contributed by atoms with Crippen LogP contribution in [0.1, 0.15) is 12.0 Å². The number of halogens is 4. The van der Waals surface area contributed by atoms with Gasteiger partial charge in [0.05, 0.1) is 16.9 Å². The Bertz CT molecular complexity index is 935. The molecule has 3 aromatic carbocycles. The van der Waals surface area contributed by atoms with Gasteiger partial charge in [0.2, 0.25) is 0 Å². The number of benzene rings is 3. The third-order valence-electron chi connectivity index (χ3n) is 4.20. The van der Waals surface area contributed by atoms with Crippen LogP contribution in [0.5, 0.6) is 0 Å². The highest BCUT2D eigenvalue weighted by Crippen LogP contribution is 2.31. The normalized spacial score (nSPS) is 11.7. The first kappa shape index (κ1) is 20.9. The number of nitrogens with zero attached hydrogens (tertiary/aromatic N) is 2. The summed E-state index contributed by atoms with van der Waals surface area (Å²) >= 11 is 5.67. The van der Waals surface area contributed by atoms with Crippen molar-refractivity contribution in [1.82, 2.24) is 0 Å². The first-order chi connectivity index (χ1) is 14.0. The number of anilines is 1. The van der Waals surface area contributed by atoms with Crippen LogP contribution >= 0.6 is 11.6 Å². The predicted molar refractivity (Wildman–Crippen MR) is 111 cm³/mol. The molecule has 0 saturated heterocycles. The average Bonchev–Trinajstić information content (AvgIpc) is 2.73. The topological polar surface area (TPSA) is 36.8 Å². The van der Waals surface area contributed by atoms with Gasteiger partial charge in [-0.1, -0.05) is 24.3 Å². The lowest BCUT2D eigenvalue weighted by atomic mass is 10.1. The minimum Gasteiger partial charge on any atom is -0.385 e. The van der Waals surface area contributed by atoms with E-state index in [0.29, 0.717) is 17.3 Å². The van der Waals surface area contributed by atoms with E-state index in [-0.39, 0.29) is 0 Å². The second-order valence-corrected chi connectivity index (χ2v) is 6.72. The Hall–Kier alpha value is -2.86. The molecule has 0 heterocycles. The van der Waals surface area contributed by atoms with E-state index >= 15 is 0 Å². The molecule has 0 radical (unpaired) electrons. The Morgan fingerprint density at radius 2 is 1.21 bits per heavy atom. The Labute approximate surface area is 172 Å². The van der Waals surface area contributed by atoms with Gasteiger partial charge in [-0.15, -0.1) is 11.6 Å². The van der Waals surface area contributed by atoms with Crippen LogP contribution in [-0.4, -0.2) is 12.4 Å². The van der Waals surface area contributed by atoms with Gasteiger partial charge in [-0.2, -0.15) is 23.4 Å². The second-order valence-electron chi connectivity index (χ2n) is 6.34. The smallest absolute Gasteiger partial charge is 0.385 e. The molecule has 150 valence electrons. The van der Waals surface area contributed by atoms with Crippen LogP contribution in [-0.2, 0) is 6.18 Å². The molecule has 0 atom stereocenters. The van der Waals surface area contributed by atoms with E-state index in [4.69, 9.17) is 11.6 Å². The van der Waals surface area contributed by atoms with E-state index in [9.17, 15) is 13.2 Å². The zero-order chi connectivity index (χ0) is 20.7. The lowest BCUT2D eigenvalue weighted by Gasteiger charge is -2.07. The maximum Gasteiger partial charge on any atom is 0.416 e. The minimum atomic E-state index is -4.36. The SMILES string of the molecule is FC(F)(F)c1ccc(N=Nc2ccc(-c3ccc(NCCCCl)cc3)cc2)cc1. The summed E-state index contributed by atoms with van der Waals surface area (Å²) in [6.45, 7) is 0.835. The largest absolute Gasteiger partial charge is 0.416 e. The number of rotatable bonds is 7. The van der Waals surface area contributed by atoms with Gasteiger partial charge in [-0.3, -0.25) is 0 Å². The van der Waals surface area contributed by atoms with Crippen molar-refractivity contribution in [2.75, 3.05) is 17.7 Å². The summed E-state index contributed by atoms with van der Waals surface area (Å²) in [6.07, 6.45) is -3.45. The van der Waals surface area contributed by atoms with Gasteiger partial charge in [0, 0.05) is 18.1 Å². The van der Waals surface area contributed by atoms with Crippen LogP contribution < -0.4 is 5.32 Å². The van der Waals surface area contributed by atoms with Gasteiger partial charge in [-0.25, -0.2) is 0 Å². The fraction of sp³-hybridized carbons (Fsp3) is 0.182. The first-order valence-electron chi connectivity index (χ1n) is 9.05. The van der Waals surface area contributed by atoms with Crippen molar-refractivity contribution in [3.05, 3.63) is 78.4 Å². The van der Waals surface area contributed by atoms with Crippen molar-refractivity contribution in [2.24, 2.45) is 10.2 Å². The number of alkyl halides is 4. The Balaban J connectivity index is 1.63. The van der Waals surface area contributed by atoms with Gasteiger partial charge < -0.3 is 5.32 Å². The molecule has 0 spiro atoms. The molecule has 0 amide bonds. The summed E-state index contributed by atoms with van der Waals surface area (Å²) < 4.78 is 37.7. The molecule has 3 aromatic rings. The summed E-state index contributed by atoms with van der Waals surface area (Å²) in [5.41, 5.74) is 3.42. The van der Waals surface area contributed by atoms with Gasteiger partial charge in [0.1, 0.15) is 0 Å². The first-order valence-corrected chi connectivity index (χ1v) is 9.58. The molecule has 0 aliphatic carbocycles. The Morgan fingerprint density at radius 3 is 1.69 bits per heavy atom. The van der Waals surface area contributed by atoms with Crippen molar-refractivity contribution in [2.45, 2.75) is 12.6 Å². The zero-order valence-corrected chi connectivity index (χ0v) is 16.2. The standard InChI is InChI=1S/C22H19ClF3N3/c23-14-1-15-27-19-8-2-16(3-9-19)17-4-10-20(11-5-17)28-29-21-12-6-18(7-13-21)22(24,25)26/h2-13,27H,1,14-15H2. The van der Waals surface area contributed by atoms with E-state index < -0.39 is 11.7 Å². The lowest BCUT2D eigenvalue weighted by molar-refractivity contribution is -0.137. The fourth-order valence-electron chi connectivity index (χ4n) is 2.63. The summed E-state index contributed by atoms with van der Waals surface area (Å²) in [6, 6.07) is 20.1. The van der Waals surface area contributed by atoms with E-state index in [0.717, 1.165) is 41.9 Å². The molecule has 1 N–H and O–H groups in total. The van der Waals surface area contributed by atoms with Gasteiger partial charge >= 0.3 is 6.18 Å². The van der Waals surface area contributed by atoms with Crippen molar-refractivity contribution in [1.29, 1.82) is 0 Å². The molecular weight excluding hydrogens is 399 g/mol. The third-order valence-corrected chi connectivity index (χ3v) is 4.47. The van der Waals surface area contributed by atoms with Crippen molar-refractivity contribution >= 4 is 28.7 Å². The maximum absolute atomic E-state index is 12.6. The molecule has 0 saturated carbocycles. The third kappa shape index (κ3) is 6.06. The molecule has 0 fully saturated rings. The van der Waals surface area contributed by atoms with E-state index in [1.807, 2.05) is 48.5 Å². The van der Waals surface area contributed by atoms with Crippen molar-refractivity contribution in [3.63, 3.8) is 0 Å². The molecule has 7 heteroatoms. The summed E-state index contributed by atoms with van der Waals surface area (Å²) in [4.78, 5) is 0. The van der Waals surface area contributed by atoms with E-state index in [2.05, 4.69) is 15.5 Å². The van der Waals surface area contributed by atoms with Gasteiger partial charge in [0.15, 0.2) is 0 Å². The lowest BCUT2D eigenvalue weighted by Crippen LogP contribution is -2.03. The summed E-state index contributed by atoms with van der Waals surface area (Å²) in [5, 5.41) is 11.4. The van der Waals surface area contributed by atoms with Crippen LogP contribution in [0.3, 0.4) is 0 Å². The van der Waals surface area contributed by atoms with Crippen LogP contribution in [0.4, 0.5) is 30.2 Å². The molecule has 29 heavy (non-hydrogen) atoms. The average molecular weight is 418 g/mol. The second kappa shape index (κ2) is 9.56. The minimum absolute atomic E-state index is 0.360. The Morgan fingerprint density at radius 1 is 0.724 bits per heavy atom. The van der Waals surface area contributed by atoms with Crippen LogP contribution in [0.25, 0.3) is 11.1 Å². The highest BCUT2D eigenvalue weighted by atomic mass is 35.5. The molecule has 3 rings (SSSR count). The van der Waals surface area contributed by atoms with Crippen LogP contribution in [0.15, 0.2) is 83.0 Å². The number of azo groups is 1. The quantitative estimate of drug-likeness (QED) is 0.237. The van der Waals surface area contributed by atoms with E-state index in [1.165, 1.54) is 12.1 Å². The molecule has 0 unspecified atom stereocenters. The summed E-state index contributed by atoms with van der Waals surface area (Å²) in [5.74, 6) is 0.633. The molecule has 0 aromatic heterocycles. The Kier molecular flexibility index (Phi) is 6.88.